The lowest BCUT2D eigenvalue weighted by Gasteiger charge is -2.04. The number of benzene rings is 2. The molecule has 0 fully saturated rings. The summed E-state index contributed by atoms with van der Waals surface area (Å²) in [6.45, 7) is 2.89. The minimum absolute atomic E-state index is 0.170. The molecule has 24 heavy (non-hydrogen) atoms. The van der Waals surface area contributed by atoms with Crippen molar-refractivity contribution in [3.8, 4) is 5.75 Å². The first-order chi connectivity index (χ1) is 11.7. The van der Waals surface area contributed by atoms with Crippen molar-refractivity contribution in [3.05, 3.63) is 81.8 Å². The molecule has 1 heterocycles. The molecule has 0 spiro atoms. The summed E-state index contributed by atoms with van der Waals surface area (Å²) < 4.78 is 5.69. The Balaban J connectivity index is 1.52. The minimum Gasteiger partial charge on any atom is -0.486 e. The third kappa shape index (κ3) is 4.43. The second-order valence-corrected chi connectivity index (χ2v) is 6.34. The first kappa shape index (κ1) is 16.2. The van der Waals surface area contributed by atoms with Gasteiger partial charge in [0.25, 0.3) is 5.91 Å². The first-order valence-corrected chi connectivity index (χ1v) is 8.55. The summed E-state index contributed by atoms with van der Waals surface area (Å²) in [5.74, 6) is 0.627. The predicted molar refractivity (Wildman–Crippen MR) is 95.2 cm³/mol. The first-order valence-electron chi connectivity index (χ1n) is 7.67. The molecule has 2 aromatic carbocycles. The Morgan fingerprint density at radius 2 is 1.88 bits per heavy atom. The Kier molecular flexibility index (Phi) is 5.23. The monoisotopic (exact) mass is 338 g/mol. The second kappa shape index (κ2) is 7.75. The second-order valence-electron chi connectivity index (χ2n) is 5.40. The Hall–Kier alpha value is -2.66. The lowest BCUT2D eigenvalue weighted by molar-refractivity contribution is 0.0946. The van der Waals surface area contributed by atoms with Crippen LogP contribution in [-0.4, -0.2) is 10.9 Å². The summed E-state index contributed by atoms with van der Waals surface area (Å²) in [5, 5.41) is 5.41. The zero-order valence-electron chi connectivity index (χ0n) is 13.4. The van der Waals surface area contributed by atoms with Crippen LogP contribution in [0.2, 0.25) is 0 Å². The number of ether oxygens (including phenoxy) is 1. The van der Waals surface area contributed by atoms with Crippen LogP contribution in [-0.2, 0) is 13.2 Å². The van der Waals surface area contributed by atoms with Gasteiger partial charge in [-0.15, -0.1) is 11.3 Å². The highest BCUT2D eigenvalue weighted by molar-refractivity contribution is 7.09. The molecule has 0 aliphatic heterocycles. The molecule has 4 nitrogen and oxygen atoms in total. The fourth-order valence-electron chi connectivity index (χ4n) is 2.13. The highest BCUT2D eigenvalue weighted by Crippen LogP contribution is 2.16. The van der Waals surface area contributed by atoms with Gasteiger partial charge >= 0.3 is 0 Å². The molecule has 122 valence electrons. The van der Waals surface area contributed by atoms with E-state index in [0.717, 1.165) is 16.3 Å². The van der Waals surface area contributed by atoms with Gasteiger partial charge < -0.3 is 10.1 Å². The van der Waals surface area contributed by atoms with E-state index >= 15 is 0 Å². The molecule has 0 saturated heterocycles. The van der Waals surface area contributed by atoms with E-state index in [-0.39, 0.29) is 5.91 Å². The molecule has 0 radical (unpaired) electrons. The van der Waals surface area contributed by atoms with Crippen LogP contribution in [0.1, 0.15) is 26.6 Å². The fourth-order valence-corrected chi connectivity index (χ4v) is 2.82. The van der Waals surface area contributed by atoms with Crippen LogP contribution < -0.4 is 10.1 Å². The molecule has 0 saturated carbocycles. The van der Waals surface area contributed by atoms with Crippen LogP contribution in [0.5, 0.6) is 5.75 Å². The molecular formula is C19H18N2O2S. The van der Waals surface area contributed by atoms with E-state index < -0.39 is 0 Å². The smallest absolute Gasteiger partial charge is 0.271 e. The molecule has 0 aliphatic rings. The molecule has 0 aliphatic carbocycles. The fraction of sp³-hybridized carbons (Fsp3) is 0.158. The maximum atomic E-state index is 12.1. The van der Waals surface area contributed by atoms with Crippen molar-refractivity contribution in [2.45, 2.75) is 20.1 Å². The number of aromatic nitrogens is 1. The molecule has 0 unspecified atom stereocenters. The van der Waals surface area contributed by atoms with Crippen LogP contribution in [0.3, 0.4) is 0 Å². The Bertz CT molecular complexity index is 798. The number of hydrogen-bond donors (Lipinski definition) is 1. The lowest BCUT2D eigenvalue weighted by Crippen LogP contribution is -2.23. The van der Waals surface area contributed by atoms with Gasteiger partial charge in [-0.1, -0.05) is 48.0 Å². The number of rotatable bonds is 6. The van der Waals surface area contributed by atoms with Gasteiger partial charge in [0.2, 0.25) is 0 Å². The summed E-state index contributed by atoms with van der Waals surface area (Å²) in [5.41, 5.74) is 2.68. The largest absolute Gasteiger partial charge is 0.486 e. The number of nitrogens with zero attached hydrogens (tertiary/aromatic N) is 1. The molecule has 0 atom stereocenters. The number of carbonyl (C=O) groups is 1. The molecule has 3 aromatic rings. The van der Waals surface area contributed by atoms with E-state index in [4.69, 9.17) is 4.74 Å². The van der Waals surface area contributed by atoms with Gasteiger partial charge in [0, 0.05) is 11.9 Å². The van der Waals surface area contributed by atoms with Crippen molar-refractivity contribution in [2.75, 3.05) is 0 Å². The number of nitrogens with one attached hydrogen (secondary N) is 1. The van der Waals surface area contributed by atoms with Crippen LogP contribution in [0.15, 0.2) is 60.0 Å². The number of amides is 1. The van der Waals surface area contributed by atoms with E-state index in [1.165, 1.54) is 16.9 Å². The highest BCUT2D eigenvalue weighted by Gasteiger charge is 2.10. The lowest BCUT2D eigenvalue weighted by atomic mass is 10.2. The van der Waals surface area contributed by atoms with E-state index in [1.54, 1.807) is 5.38 Å². The van der Waals surface area contributed by atoms with Gasteiger partial charge in [0.15, 0.2) is 0 Å². The van der Waals surface area contributed by atoms with Gasteiger partial charge in [-0.25, -0.2) is 4.98 Å². The van der Waals surface area contributed by atoms with Crippen molar-refractivity contribution < 1.29 is 9.53 Å². The van der Waals surface area contributed by atoms with E-state index in [9.17, 15) is 4.79 Å². The average molecular weight is 338 g/mol. The zero-order chi connectivity index (χ0) is 16.8. The molecule has 1 aromatic heterocycles. The van der Waals surface area contributed by atoms with Crippen LogP contribution >= 0.6 is 11.3 Å². The Morgan fingerprint density at radius 3 is 2.62 bits per heavy atom. The SMILES string of the molecule is Cc1ccc(OCc2nc(C(=O)NCc3ccccc3)cs2)cc1. The summed E-state index contributed by atoms with van der Waals surface area (Å²) in [6.07, 6.45) is 0. The summed E-state index contributed by atoms with van der Waals surface area (Å²) >= 11 is 1.42. The van der Waals surface area contributed by atoms with Gasteiger partial charge in [0.1, 0.15) is 23.1 Å². The van der Waals surface area contributed by atoms with Crippen molar-refractivity contribution >= 4 is 17.2 Å². The van der Waals surface area contributed by atoms with Crippen LogP contribution in [0.25, 0.3) is 0 Å². The van der Waals surface area contributed by atoms with E-state index in [0.29, 0.717) is 18.8 Å². The summed E-state index contributed by atoms with van der Waals surface area (Å²) in [6, 6.07) is 17.7. The van der Waals surface area contributed by atoms with Crippen LogP contribution in [0.4, 0.5) is 0 Å². The van der Waals surface area contributed by atoms with E-state index in [2.05, 4.69) is 10.3 Å². The predicted octanol–water partition coefficient (Wildman–Crippen LogP) is 3.96. The quantitative estimate of drug-likeness (QED) is 0.740. The van der Waals surface area contributed by atoms with Crippen molar-refractivity contribution in [3.63, 3.8) is 0 Å². The molecule has 3 rings (SSSR count). The number of aryl methyl sites for hydroxylation is 1. The maximum Gasteiger partial charge on any atom is 0.271 e. The third-order valence-electron chi connectivity index (χ3n) is 3.46. The normalized spacial score (nSPS) is 10.4. The maximum absolute atomic E-state index is 12.1. The van der Waals surface area contributed by atoms with Crippen molar-refractivity contribution in [2.24, 2.45) is 0 Å². The number of thiazole rings is 1. The van der Waals surface area contributed by atoms with Crippen molar-refractivity contribution in [1.82, 2.24) is 10.3 Å². The summed E-state index contributed by atoms with van der Waals surface area (Å²) in [7, 11) is 0. The molecule has 1 N–H and O–H groups in total. The Labute approximate surface area is 145 Å². The standard InChI is InChI=1S/C19H18N2O2S/c1-14-7-9-16(10-8-14)23-12-18-21-17(13-24-18)19(22)20-11-15-5-3-2-4-6-15/h2-10,13H,11-12H2,1H3,(H,20,22). The zero-order valence-corrected chi connectivity index (χ0v) is 14.2. The highest BCUT2D eigenvalue weighted by atomic mass is 32.1. The van der Waals surface area contributed by atoms with Gasteiger partial charge in [0.05, 0.1) is 0 Å². The third-order valence-corrected chi connectivity index (χ3v) is 4.29. The van der Waals surface area contributed by atoms with Crippen LogP contribution in [0, 0.1) is 6.92 Å². The molecule has 5 heteroatoms. The van der Waals surface area contributed by atoms with Crippen molar-refractivity contribution in [1.29, 1.82) is 0 Å². The average Bonchev–Trinajstić information content (AvgIpc) is 3.09. The molecule has 1 amide bonds. The Morgan fingerprint density at radius 1 is 1.12 bits per heavy atom. The topological polar surface area (TPSA) is 51.2 Å². The van der Waals surface area contributed by atoms with Gasteiger partial charge in [-0.05, 0) is 24.6 Å². The summed E-state index contributed by atoms with van der Waals surface area (Å²) in [4.78, 5) is 16.5. The molecule has 0 bridgehead atoms. The molecular weight excluding hydrogens is 320 g/mol. The minimum atomic E-state index is -0.170. The number of hydrogen-bond acceptors (Lipinski definition) is 4. The van der Waals surface area contributed by atoms with E-state index in [1.807, 2.05) is 61.5 Å². The van der Waals surface area contributed by atoms with Gasteiger partial charge in [-0.2, -0.15) is 0 Å². The number of carbonyl (C=O) groups excluding carboxylic acids is 1. The van der Waals surface area contributed by atoms with Gasteiger partial charge in [-0.3, -0.25) is 4.79 Å².